The molecule has 0 saturated heterocycles. The smallest absolute Gasteiger partial charge is 0.339 e. The van der Waals surface area contributed by atoms with Crippen LogP contribution in [0.25, 0.3) is 0 Å². The Labute approximate surface area is 195 Å². The molecule has 0 radical (unpaired) electrons. The summed E-state index contributed by atoms with van der Waals surface area (Å²) in [6.45, 7) is 1.13. The lowest BCUT2D eigenvalue weighted by Gasteiger charge is -2.24. The molecule has 0 unspecified atom stereocenters. The number of hydrogen-bond acceptors (Lipinski definition) is 5. The van der Waals surface area contributed by atoms with E-state index in [9.17, 15) is 22.4 Å². The summed E-state index contributed by atoms with van der Waals surface area (Å²) >= 11 is 6.11. The zero-order chi connectivity index (χ0) is 24.0. The molecular formula is C23H20ClFN2O5S. The van der Waals surface area contributed by atoms with Gasteiger partial charge in [0, 0.05) is 5.69 Å². The third-order valence-electron chi connectivity index (χ3n) is 4.49. The molecule has 3 aromatic carbocycles. The lowest BCUT2D eigenvalue weighted by molar-refractivity contribution is -0.114. The van der Waals surface area contributed by atoms with Crippen LogP contribution in [0.15, 0.2) is 77.7 Å². The number of ether oxygens (including phenoxy) is 1. The van der Waals surface area contributed by atoms with E-state index in [2.05, 4.69) is 5.32 Å². The van der Waals surface area contributed by atoms with E-state index in [1.165, 1.54) is 60.7 Å². The second kappa shape index (κ2) is 10.5. The van der Waals surface area contributed by atoms with Gasteiger partial charge in [0.1, 0.15) is 12.4 Å². The van der Waals surface area contributed by atoms with Gasteiger partial charge in [-0.25, -0.2) is 17.6 Å². The molecule has 10 heteroatoms. The van der Waals surface area contributed by atoms with Crippen LogP contribution in [0, 0.1) is 5.82 Å². The van der Waals surface area contributed by atoms with Crippen LogP contribution in [-0.4, -0.2) is 33.4 Å². The highest BCUT2D eigenvalue weighted by atomic mass is 35.5. The Hall–Kier alpha value is -3.43. The highest BCUT2D eigenvalue weighted by Crippen LogP contribution is 2.27. The molecule has 0 heterocycles. The first-order chi connectivity index (χ1) is 15.7. The number of carbonyl (C=O) groups excluding carboxylic acids is 2. The quantitative estimate of drug-likeness (QED) is 0.470. The van der Waals surface area contributed by atoms with Crippen molar-refractivity contribution in [3.8, 4) is 0 Å². The van der Waals surface area contributed by atoms with Gasteiger partial charge in [-0.3, -0.25) is 9.10 Å². The van der Waals surface area contributed by atoms with Crippen LogP contribution in [-0.2, 0) is 19.6 Å². The number of hydrogen-bond donors (Lipinski definition) is 1. The van der Waals surface area contributed by atoms with Gasteiger partial charge in [-0.1, -0.05) is 41.9 Å². The average molecular weight is 491 g/mol. The number of nitrogens with one attached hydrogen (secondary N) is 1. The predicted molar refractivity (Wildman–Crippen MR) is 123 cm³/mol. The Balaban J connectivity index is 1.88. The van der Waals surface area contributed by atoms with Gasteiger partial charge in [0.15, 0.2) is 0 Å². The van der Waals surface area contributed by atoms with Gasteiger partial charge in [-0.2, -0.15) is 0 Å². The standard InChI is InChI=1S/C23H20ClFN2O5S/c1-2-32-23(29)18-13-12-16(14-19(18)24)26-22(28)15-27(21-11-7-6-10-20(21)25)33(30,31)17-8-4-3-5-9-17/h3-14H,2,15H2,1H3,(H,26,28). The number of benzene rings is 3. The summed E-state index contributed by atoms with van der Waals surface area (Å²) in [4.78, 5) is 24.5. The van der Waals surface area contributed by atoms with Crippen LogP contribution < -0.4 is 9.62 Å². The van der Waals surface area contributed by atoms with Crippen LogP contribution >= 0.6 is 11.6 Å². The minimum atomic E-state index is -4.25. The van der Waals surface area contributed by atoms with E-state index in [1.54, 1.807) is 13.0 Å². The summed E-state index contributed by atoms with van der Waals surface area (Å²) in [5, 5.41) is 2.57. The highest BCUT2D eigenvalue weighted by molar-refractivity contribution is 7.92. The second-order valence-electron chi connectivity index (χ2n) is 6.74. The van der Waals surface area contributed by atoms with Crippen LogP contribution in [0.3, 0.4) is 0 Å². The Morgan fingerprint density at radius 3 is 2.33 bits per heavy atom. The molecule has 7 nitrogen and oxygen atoms in total. The van der Waals surface area contributed by atoms with Crippen LogP contribution in [0.4, 0.5) is 15.8 Å². The molecule has 0 atom stereocenters. The fraction of sp³-hybridized carbons (Fsp3) is 0.130. The van der Waals surface area contributed by atoms with Gasteiger partial charge >= 0.3 is 5.97 Å². The SMILES string of the molecule is CCOC(=O)c1ccc(NC(=O)CN(c2ccccc2F)S(=O)(=O)c2ccccc2)cc1Cl. The van der Waals surface area contributed by atoms with Crippen molar-refractivity contribution < 1.29 is 27.1 Å². The number of amides is 1. The predicted octanol–water partition coefficient (Wildman–Crippen LogP) is 4.49. The molecule has 172 valence electrons. The van der Waals surface area contributed by atoms with Crippen molar-refractivity contribution in [2.45, 2.75) is 11.8 Å². The van der Waals surface area contributed by atoms with E-state index in [4.69, 9.17) is 16.3 Å². The highest BCUT2D eigenvalue weighted by Gasteiger charge is 2.29. The van der Waals surface area contributed by atoms with E-state index in [1.807, 2.05) is 0 Å². The number of rotatable bonds is 8. The van der Waals surface area contributed by atoms with Crippen molar-refractivity contribution in [2.24, 2.45) is 0 Å². The topological polar surface area (TPSA) is 92.8 Å². The molecule has 0 bridgehead atoms. The third-order valence-corrected chi connectivity index (χ3v) is 6.57. The molecule has 0 saturated carbocycles. The van der Waals surface area contributed by atoms with E-state index >= 15 is 0 Å². The normalized spacial score (nSPS) is 11.0. The van der Waals surface area contributed by atoms with E-state index in [0.717, 1.165) is 6.07 Å². The molecule has 3 aromatic rings. The van der Waals surface area contributed by atoms with Crippen molar-refractivity contribution in [1.82, 2.24) is 0 Å². The maximum absolute atomic E-state index is 14.5. The average Bonchev–Trinajstić information content (AvgIpc) is 2.79. The van der Waals surface area contributed by atoms with Crippen molar-refractivity contribution in [3.05, 3.63) is 89.2 Å². The van der Waals surface area contributed by atoms with E-state index in [-0.39, 0.29) is 33.5 Å². The molecular weight excluding hydrogens is 471 g/mol. The first-order valence-electron chi connectivity index (χ1n) is 9.83. The monoisotopic (exact) mass is 490 g/mol. The summed E-state index contributed by atoms with van der Waals surface area (Å²) in [5.41, 5.74) is 0.0759. The molecule has 0 aliphatic carbocycles. The lowest BCUT2D eigenvalue weighted by Crippen LogP contribution is -2.38. The minimum Gasteiger partial charge on any atom is -0.462 e. The van der Waals surface area contributed by atoms with Crippen LogP contribution in [0.5, 0.6) is 0 Å². The largest absolute Gasteiger partial charge is 0.462 e. The number of nitrogens with zero attached hydrogens (tertiary/aromatic N) is 1. The van der Waals surface area contributed by atoms with E-state index < -0.39 is 34.3 Å². The molecule has 0 aliphatic rings. The lowest BCUT2D eigenvalue weighted by atomic mass is 10.2. The number of carbonyl (C=O) groups is 2. The van der Waals surface area contributed by atoms with Crippen LogP contribution in [0.1, 0.15) is 17.3 Å². The summed E-state index contributed by atoms with van der Waals surface area (Å²) < 4.78 is 46.5. The van der Waals surface area contributed by atoms with Gasteiger partial charge in [-0.05, 0) is 49.4 Å². The molecule has 0 fully saturated rings. The molecule has 0 spiro atoms. The van der Waals surface area contributed by atoms with Gasteiger partial charge in [-0.15, -0.1) is 0 Å². The van der Waals surface area contributed by atoms with Gasteiger partial charge in [0.2, 0.25) is 5.91 Å². The fourth-order valence-corrected chi connectivity index (χ4v) is 4.68. The maximum Gasteiger partial charge on any atom is 0.339 e. The third kappa shape index (κ3) is 5.68. The van der Waals surface area contributed by atoms with Crippen LogP contribution in [0.2, 0.25) is 5.02 Å². The zero-order valence-electron chi connectivity index (χ0n) is 17.5. The second-order valence-corrected chi connectivity index (χ2v) is 9.01. The van der Waals surface area contributed by atoms with Gasteiger partial charge in [0.25, 0.3) is 10.0 Å². The van der Waals surface area contributed by atoms with Crippen molar-refractivity contribution in [2.75, 3.05) is 22.8 Å². The van der Waals surface area contributed by atoms with Crippen molar-refractivity contribution in [3.63, 3.8) is 0 Å². The summed E-state index contributed by atoms with van der Waals surface area (Å²) in [5.74, 6) is -2.15. The van der Waals surface area contributed by atoms with Crippen molar-refractivity contribution in [1.29, 1.82) is 0 Å². The number of para-hydroxylation sites is 1. The van der Waals surface area contributed by atoms with E-state index in [0.29, 0.717) is 4.31 Å². The number of sulfonamides is 1. The maximum atomic E-state index is 14.5. The first kappa shape index (κ1) is 24.2. The minimum absolute atomic E-state index is 0.0501. The number of esters is 1. The molecule has 33 heavy (non-hydrogen) atoms. The van der Waals surface area contributed by atoms with Crippen molar-refractivity contribution >= 4 is 44.9 Å². The molecule has 1 N–H and O–H groups in total. The molecule has 1 amide bonds. The summed E-state index contributed by atoms with van der Waals surface area (Å²) in [7, 11) is -4.25. The van der Waals surface area contributed by atoms with Gasteiger partial charge in [0.05, 0.1) is 27.8 Å². The fourth-order valence-electron chi connectivity index (χ4n) is 2.97. The Kier molecular flexibility index (Phi) is 7.67. The first-order valence-corrected chi connectivity index (χ1v) is 11.6. The summed E-state index contributed by atoms with van der Waals surface area (Å²) in [6.07, 6.45) is 0. The Bertz CT molecular complexity index is 1270. The molecule has 0 aliphatic heterocycles. The Morgan fingerprint density at radius 1 is 1.03 bits per heavy atom. The molecule has 0 aromatic heterocycles. The number of anilines is 2. The number of halogens is 2. The van der Waals surface area contributed by atoms with Gasteiger partial charge < -0.3 is 10.1 Å². The Morgan fingerprint density at radius 2 is 1.70 bits per heavy atom. The summed E-state index contributed by atoms with van der Waals surface area (Å²) in [6, 6.07) is 16.8. The molecule has 3 rings (SSSR count). The zero-order valence-corrected chi connectivity index (χ0v) is 19.1.